The highest BCUT2D eigenvalue weighted by Gasteiger charge is 2.53. The van der Waals surface area contributed by atoms with E-state index in [-0.39, 0.29) is 38.9 Å². The molecular formula is C18H17N8O7S3-. The maximum absolute atomic E-state index is 12.9. The molecule has 1 saturated heterocycles. The molecule has 0 unspecified atom stereocenters. The Bertz CT molecular complexity index is 1430. The number of rotatable bonds is 8. The first-order valence-electron chi connectivity index (χ1n) is 9.94. The molecule has 0 aromatic carbocycles. The number of anilines is 1. The quantitative estimate of drug-likeness (QED) is 0.0983. The van der Waals surface area contributed by atoms with Crippen LogP contribution in [0.15, 0.2) is 36.6 Å². The molecule has 2 aliphatic rings. The molecule has 4 N–H and O–H groups in total. The number of nitrogens with zero attached hydrogens (tertiary/aromatic N) is 5. The SMILES string of the molecule is CO/N=C(\C(=O)N[C@@H]1C(=O)N2C(C(=O)[O-])=C(CSc3nc(=O)c(=O)[nH]n3C)CS[C@H]12)c1csc(N)n1. The van der Waals surface area contributed by atoms with Crippen molar-refractivity contribution in [2.45, 2.75) is 16.6 Å². The van der Waals surface area contributed by atoms with Gasteiger partial charge in [0.1, 0.15) is 24.2 Å². The number of H-pyrrole nitrogens is 1. The molecule has 36 heavy (non-hydrogen) atoms. The van der Waals surface area contributed by atoms with Crippen molar-refractivity contribution in [1.29, 1.82) is 0 Å². The number of carbonyl (C=O) groups excluding carboxylic acids is 3. The molecule has 0 radical (unpaired) electrons. The molecule has 4 heterocycles. The number of hydrogen-bond acceptors (Lipinski definition) is 14. The lowest BCUT2D eigenvalue weighted by molar-refractivity contribution is -0.301. The largest absolute Gasteiger partial charge is 0.543 e. The highest BCUT2D eigenvalue weighted by molar-refractivity contribution is 8.01. The number of β-lactam (4-membered cyclic amide) rings is 1. The number of hydrogen-bond donors (Lipinski definition) is 3. The van der Waals surface area contributed by atoms with Crippen molar-refractivity contribution < 1.29 is 24.3 Å². The Morgan fingerprint density at radius 1 is 1.39 bits per heavy atom. The highest BCUT2D eigenvalue weighted by Crippen LogP contribution is 2.41. The molecule has 0 spiro atoms. The number of carboxylic acids is 1. The van der Waals surface area contributed by atoms with Gasteiger partial charge in [-0.05, 0) is 5.57 Å². The van der Waals surface area contributed by atoms with E-state index in [2.05, 4.69) is 25.5 Å². The van der Waals surface area contributed by atoms with Crippen LogP contribution in [0.4, 0.5) is 5.13 Å². The van der Waals surface area contributed by atoms with E-state index in [1.54, 1.807) is 0 Å². The van der Waals surface area contributed by atoms with Crippen LogP contribution in [0.25, 0.3) is 0 Å². The predicted octanol–water partition coefficient (Wildman–Crippen LogP) is -2.95. The molecular weight excluding hydrogens is 536 g/mol. The van der Waals surface area contributed by atoms with Gasteiger partial charge in [0, 0.05) is 23.9 Å². The van der Waals surface area contributed by atoms with Gasteiger partial charge in [-0.2, -0.15) is 4.98 Å². The maximum Gasteiger partial charge on any atom is 0.339 e. The van der Waals surface area contributed by atoms with E-state index in [1.807, 2.05) is 0 Å². The molecule has 18 heteroatoms. The number of thioether (sulfide) groups is 2. The average molecular weight is 554 g/mol. The molecule has 4 rings (SSSR count). The van der Waals surface area contributed by atoms with Crippen LogP contribution in [0.5, 0.6) is 0 Å². The number of fused-ring (bicyclic) bond motifs is 1. The molecule has 15 nitrogen and oxygen atoms in total. The summed E-state index contributed by atoms with van der Waals surface area (Å²) in [6.45, 7) is 0. The number of carbonyl (C=O) groups is 3. The van der Waals surface area contributed by atoms with E-state index >= 15 is 0 Å². The number of nitrogens with two attached hydrogens (primary N) is 1. The van der Waals surface area contributed by atoms with Crippen LogP contribution in [0.3, 0.4) is 0 Å². The summed E-state index contributed by atoms with van der Waals surface area (Å²) in [4.78, 5) is 74.0. The number of aliphatic carboxylic acids is 1. The molecule has 2 aromatic heterocycles. The minimum absolute atomic E-state index is 0.0616. The molecule has 1 fully saturated rings. The summed E-state index contributed by atoms with van der Waals surface area (Å²) in [6, 6.07) is -1.02. The van der Waals surface area contributed by atoms with Gasteiger partial charge in [0.2, 0.25) is 0 Å². The maximum atomic E-state index is 12.9. The molecule has 2 atom stereocenters. The Morgan fingerprint density at radius 2 is 2.14 bits per heavy atom. The second kappa shape index (κ2) is 10.2. The highest BCUT2D eigenvalue weighted by atomic mass is 32.2. The summed E-state index contributed by atoms with van der Waals surface area (Å²) in [7, 11) is 2.72. The van der Waals surface area contributed by atoms with Crippen molar-refractivity contribution in [2.24, 2.45) is 12.2 Å². The fourth-order valence-electron chi connectivity index (χ4n) is 3.43. The van der Waals surface area contributed by atoms with Crippen LogP contribution >= 0.6 is 34.9 Å². The van der Waals surface area contributed by atoms with E-state index < -0.39 is 40.3 Å². The fraction of sp³-hybridized carbons (Fsp3) is 0.333. The number of aromatic amines is 1. The topological polar surface area (TPSA) is 218 Å². The average Bonchev–Trinajstić information content (AvgIpc) is 3.27. The number of thiazole rings is 1. The Hall–Kier alpha value is -3.64. The van der Waals surface area contributed by atoms with Gasteiger partial charge in [0.25, 0.3) is 11.8 Å². The van der Waals surface area contributed by atoms with Crippen molar-refractivity contribution in [2.75, 3.05) is 24.3 Å². The normalized spacial score (nSPS) is 19.6. The van der Waals surface area contributed by atoms with Gasteiger partial charge in [0.15, 0.2) is 16.0 Å². The van der Waals surface area contributed by atoms with E-state index in [9.17, 15) is 29.1 Å². The lowest BCUT2D eigenvalue weighted by Gasteiger charge is -2.50. The van der Waals surface area contributed by atoms with Gasteiger partial charge in [-0.15, -0.1) is 23.1 Å². The zero-order valence-electron chi connectivity index (χ0n) is 18.5. The summed E-state index contributed by atoms with van der Waals surface area (Å²) >= 11 is 3.35. The lowest BCUT2D eigenvalue weighted by Crippen LogP contribution is -2.71. The van der Waals surface area contributed by atoms with Gasteiger partial charge < -0.3 is 25.8 Å². The second-order valence-electron chi connectivity index (χ2n) is 7.28. The molecule has 2 amide bonds. The van der Waals surface area contributed by atoms with Gasteiger partial charge in [-0.1, -0.05) is 16.9 Å². The van der Waals surface area contributed by atoms with Gasteiger partial charge in [0.05, 0.1) is 11.7 Å². The van der Waals surface area contributed by atoms with Crippen molar-refractivity contribution in [3.05, 3.63) is 43.1 Å². The van der Waals surface area contributed by atoms with Crippen molar-refractivity contribution in [3.8, 4) is 0 Å². The fourth-order valence-corrected chi connectivity index (χ4v) is 6.38. The third kappa shape index (κ3) is 4.73. The number of amides is 2. The van der Waals surface area contributed by atoms with Crippen LogP contribution in [0.1, 0.15) is 5.69 Å². The minimum atomic E-state index is -1.56. The first-order valence-corrected chi connectivity index (χ1v) is 12.8. The third-order valence-electron chi connectivity index (χ3n) is 5.01. The number of nitrogen functional groups attached to an aromatic ring is 1. The van der Waals surface area contributed by atoms with E-state index in [4.69, 9.17) is 10.6 Å². The Balaban J connectivity index is 1.51. The van der Waals surface area contributed by atoms with Crippen molar-refractivity contribution in [1.82, 2.24) is 30.0 Å². The first-order chi connectivity index (χ1) is 17.1. The van der Waals surface area contributed by atoms with Crippen LogP contribution in [0, 0.1) is 0 Å². The molecule has 0 bridgehead atoms. The Kier molecular flexibility index (Phi) is 7.18. The number of oxime groups is 1. The van der Waals surface area contributed by atoms with Crippen LogP contribution in [-0.2, 0) is 26.3 Å². The van der Waals surface area contributed by atoms with Crippen LogP contribution in [-0.4, -0.2) is 78.2 Å². The predicted molar refractivity (Wildman–Crippen MR) is 128 cm³/mol. The van der Waals surface area contributed by atoms with Crippen molar-refractivity contribution >= 4 is 63.5 Å². The summed E-state index contributed by atoms with van der Waals surface area (Å²) in [5.74, 6) is -2.68. The molecule has 2 aliphatic heterocycles. The molecule has 0 saturated carbocycles. The second-order valence-corrected chi connectivity index (χ2v) is 10.2. The number of nitrogens with one attached hydrogen (secondary N) is 2. The summed E-state index contributed by atoms with van der Waals surface area (Å²) < 4.78 is 1.24. The van der Waals surface area contributed by atoms with E-state index in [1.165, 1.54) is 36.0 Å². The lowest BCUT2D eigenvalue weighted by atomic mass is 10.0. The summed E-state index contributed by atoms with van der Waals surface area (Å²) in [5.41, 5.74) is 3.77. The molecule has 190 valence electrons. The van der Waals surface area contributed by atoms with Crippen LogP contribution < -0.4 is 27.3 Å². The standard InChI is InChI=1S/C18H18N8O7S3/c1-25-18(22-12(28)13(29)23-25)36-4-6-3-34-15-9(14(30)26(15)10(6)16(31)32)21-11(27)8(24-33-2)7-5-35-17(19)20-7/h5,9,15H,3-4H2,1-2H3,(H2,19,20)(H,21,27)(H,23,29)(H,31,32)/p-1/b24-8-/t9-,15-/m1/s1. The number of carboxylic acid groups (broad SMARTS) is 1. The number of aryl methyl sites for hydroxylation is 1. The van der Waals surface area contributed by atoms with Gasteiger partial charge in [-0.25, -0.2) is 4.98 Å². The zero-order valence-corrected chi connectivity index (χ0v) is 21.0. The van der Waals surface area contributed by atoms with E-state index in [0.717, 1.165) is 28.0 Å². The van der Waals surface area contributed by atoms with E-state index in [0.29, 0.717) is 5.57 Å². The van der Waals surface area contributed by atoms with Gasteiger partial charge in [-0.3, -0.25) is 33.9 Å². The monoisotopic (exact) mass is 553 g/mol. The molecule has 0 aliphatic carbocycles. The van der Waals surface area contributed by atoms with Crippen molar-refractivity contribution in [3.63, 3.8) is 0 Å². The minimum Gasteiger partial charge on any atom is -0.543 e. The zero-order chi connectivity index (χ0) is 26.1. The summed E-state index contributed by atoms with van der Waals surface area (Å²) in [6.07, 6.45) is 0. The van der Waals surface area contributed by atoms with Crippen LogP contribution in [0.2, 0.25) is 0 Å². The summed E-state index contributed by atoms with van der Waals surface area (Å²) in [5, 5.41) is 21.6. The third-order valence-corrected chi connectivity index (χ3v) is 8.14. The first kappa shape index (κ1) is 25.5. The Morgan fingerprint density at radius 3 is 2.78 bits per heavy atom. The van der Waals surface area contributed by atoms with Gasteiger partial charge >= 0.3 is 11.1 Å². The smallest absolute Gasteiger partial charge is 0.339 e. The Labute approximate surface area is 213 Å². The molecule has 2 aromatic rings. The number of aromatic nitrogens is 4.